The monoisotopic (exact) mass is 304 g/mol. The third-order valence-electron chi connectivity index (χ3n) is 5.02. The van der Waals surface area contributed by atoms with Crippen LogP contribution >= 0.6 is 0 Å². The molecule has 22 heavy (non-hydrogen) atoms. The lowest BCUT2D eigenvalue weighted by molar-refractivity contribution is -0.0578. The summed E-state index contributed by atoms with van der Waals surface area (Å²) in [6.07, 6.45) is 5.09. The van der Waals surface area contributed by atoms with Gasteiger partial charge in [-0.3, -0.25) is 5.32 Å². The molecule has 1 aromatic heterocycles. The number of carbonyl (C=O) groups is 1. The maximum atomic E-state index is 12.5. The highest BCUT2D eigenvalue weighted by atomic mass is 16.5. The van der Waals surface area contributed by atoms with Crippen LogP contribution in [-0.2, 0) is 0 Å². The lowest BCUT2D eigenvalue weighted by Gasteiger charge is -2.58. The lowest BCUT2D eigenvalue weighted by Crippen LogP contribution is -2.68. The Balaban J connectivity index is 1.67. The zero-order valence-electron chi connectivity index (χ0n) is 13.5. The fraction of sp³-hybridized carbons (Fsp3) is 0.688. The van der Waals surface area contributed by atoms with Crippen molar-refractivity contribution in [3.8, 4) is 5.88 Å². The molecule has 0 radical (unpaired) electrons. The summed E-state index contributed by atoms with van der Waals surface area (Å²) >= 11 is 0. The van der Waals surface area contributed by atoms with Crippen LogP contribution < -0.4 is 10.1 Å². The number of aromatic nitrogens is 2. The minimum absolute atomic E-state index is 0.0734. The molecule has 2 amide bonds. The van der Waals surface area contributed by atoms with Crippen molar-refractivity contribution in [3.05, 3.63) is 12.1 Å². The van der Waals surface area contributed by atoms with Crippen molar-refractivity contribution in [2.24, 2.45) is 11.3 Å². The SMILES string of the molecule is COc1ccc(NC(=O)N2CC3(CCCC3)C2C(C)C)nn1. The summed E-state index contributed by atoms with van der Waals surface area (Å²) in [6.45, 7) is 5.28. The van der Waals surface area contributed by atoms with Crippen molar-refractivity contribution >= 4 is 11.8 Å². The number of anilines is 1. The number of likely N-dealkylation sites (tertiary alicyclic amines) is 1. The predicted octanol–water partition coefficient (Wildman–Crippen LogP) is 2.92. The Labute approximate surface area is 131 Å². The summed E-state index contributed by atoms with van der Waals surface area (Å²) in [6, 6.07) is 3.66. The number of nitrogens with one attached hydrogen (secondary N) is 1. The van der Waals surface area contributed by atoms with Gasteiger partial charge in [-0.25, -0.2) is 4.79 Å². The number of nitrogens with zero attached hydrogens (tertiary/aromatic N) is 3. The van der Waals surface area contributed by atoms with E-state index in [0.717, 1.165) is 6.54 Å². The van der Waals surface area contributed by atoms with Gasteiger partial charge in [-0.1, -0.05) is 26.7 Å². The van der Waals surface area contributed by atoms with Gasteiger partial charge in [0.15, 0.2) is 5.82 Å². The highest BCUT2D eigenvalue weighted by molar-refractivity contribution is 5.89. The zero-order chi connectivity index (χ0) is 15.7. The molecule has 3 rings (SSSR count). The molecule has 120 valence electrons. The summed E-state index contributed by atoms with van der Waals surface area (Å²) < 4.78 is 4.97. The topological polar surface area (TPSA) is 67.3 Å². The average Bonchev–Trinajstić information content (AvgIpc) is 2.96. The maximum absolute atomic E-state index is 12.5. The molecule has 1 saturated heterocycles. The molecule has 2 aliphatic rings. The van der Waals surface area contributed by atoms with Gasteiger partial charge in [0.2, 0.25) is 5.88 Å². The van der Waals surface area contributed by atoms with E-state index in [1.807, 2.05) is 4.90 Å². The van der Waals surface area contributed by atoms with E-state index in [1.165, 1.54) is 32.8 Å². The van der Waals surface area contributed by atoms with Crippen LogP contribution in [0.15, 0.2) is 12.1 Å². The molecule has 1 atom stereocenters. The van der Waals surface area contributed by atoms with E-state index >= 15 is 0 Å². The molecule has 1 saturated carbocycles. The van der Waals surface area contributed by atoms with Gasteiger partial charge >= 0.3 is 6.03 Å². The molecule has 2 fully saturated rings. The van der Waals surface area contributed by atoms with E-state index in [0.29, 0.717) is 29.1 Å². The van der Waals surface area contributed by atoms with Gasteiger partial charge in [-0.15, -0.1) is 10.2 Å². The van der Waals surface area contributed by atoms with E-state index in [1.54, 1.807) is 12.1 Å². The Morgan fingerprint density at radius 2 is 2.09 bits per heavy atom. The predicted molar refractivity (Wildman–Crippen MR) is 83.8 cm³/mol. The summed E-state index contributed by atoms with van der Waals surface area (Å²) in [5.41, 5.74) is 0.358. The largest absolute Gasteiger partial charge is 0.480 e. The molecule has 2 heterocycles. The van der Waals surface area contributed by atoms with E-state index in [9.17, 15) is 4.79 Å². The van der Waals surface area contributed by atoms with Crippen molar-refractivity contribution in [3.63, 3.8) is 0 Å². The molecule has 0 aromatic carbocycles. The molecule has 6 nitrogen and oxygen atoms in total. The Kier molecular flexibility index (Phi) is 3.93. The van der Waals surface area contributed by atoms with Crippen LogP contribution in [0, 0.1) is 11.3 Å². The standard InChI is InChI=1S/C16H24N4O2/c1-11(2)14-16(8-4-5-9-16)10-20(14)15(21)17-12-6-7-13(22-3)19-18-12/h6-7,11,14H,4-5,8-10H2,1-3H3,(H,17,18,21). The normalized spacial score (nSPS) is 22.7. The number of carbonyl (C=O) groups excluding carboxylic acids is 1. The number of hydrogen-bond donors (Lipinski definition) is 1. The summed E-state index contributed by atoms with van der Waals surface area (Å²) in [5, 5.41) is 10.7. The van der Waals surface area contributed by atoms with Crippen LogP contribution in [0.5, 0.6) is 5.88 Å². The van der Waals surface area contributed by atoms with Gasteiger partial charge < -0.3 is 9.64 Å². The van der Waals surface area contributed by atoms with Crippen LogP contribution in [0.25, 0.3) is 0 Å². The third kappa shape index (κ3) is 2.51. The van der Waals surface area contributed by atoms with Crippen LogP contribution in [0.3, 0.4) is 0 Å². The molecule has 1 aromatic rings. The minimum Gasteiger partial charge on any atom is -0.480 e. The van der Waals surface area contributed by atoms with Crippen molar-refractivity contribution < 1.29 is 9.53 Å². The molecule has 1 aliphatic carbocycles. The van der Waals surface area contributed by atoms with Gasteiger partial charge in [0.1, 0.15) is 0 Å². The molecule has 1 unspecified atom stereocenters. The van der Waals surface area contributed by atoms with Gasteiger partial charge in [0, 0.05) is 24.1 Å². The minimum atomic E-state index is -0.0734. The Hall–Kier alpha value is -1.85. The molecule has 1 N–H and O–H groups in total. The summed E-state index contributed by atoms with van der Waals surface area (Å²) in [4.78, 5) is 14.5. The highest BCUT2D eigenvalue weighted by Gasteiger charge is 2.56. The first-order valence-corrected chi connectivity index (χ1v) is 8.01. The molecule has 0 bridgehead atoms. The molecular formula is C16H24N4O2. The van der Waals surface area contributed by atoms with Crippen molar-refractivity contribution in [1.82, 2.24) is 15.1 Å². The number of rotatable bonds is 3. The van der Waals surface area contributed by atoms with Crippen molar-refractivity contribution in [2.75, 3.05) is 19.0 Å². The number of ether oxygens (including phenoxy) is 1. The first-order chi connectivity index (χ1) is 10.6. The molecular weight excluding hydrogens is 280 g/mol. The van der Waals surface area contributed by atoms with Crippen molar-refractivity contribution in [2.45, 2.75) is 45.6 Å². The number of hydrogen-bond acceptors (Lipinski definition) is 4. The van der Waals surface area contributed by atoms with E-state index in [4.69, 9.17) is 4.74 Å². The van der Waals surface area contributed by atoms with Crippen molar-refractivity contribution in [1.29, 1.82) is 0 Å². The van der Waals surface area contributed by atoms with E-state index in [2.05, 4.69) is 29.4 Å². The second kappa shape index (κ2) is 5.74. The number of urea groups is 1. The van der Waals surface area contributed by atoms with Crippen LogP contribution in [0.4, 0.5) is 10.6 Å². The maximum Gasteiger partial charge on any atom is 0.323 e. The second-order valence-electron chi connectivity index (χ2n) is 6.78. The fourth-order valence-corrected chi connectivity index (χ4v) is 4.22. The van der Waals surface area contributed by atoms with Crippen LogP contribution in [-0.4, -0.2) is 40.8 Å². The quantitative estimate of drug-likeness (QED) is 0.932. The second-order valence-corrected chi connectivity index (χ2v) is 6.78. The zero-order valence-corrected chi connectivity index (χ0v) is 13.5. The first-order valence-electron chi connectivity index (χ1n) is 8.01. The average molecular weight is 304 g/mol. The van der Waals surface area contributed by atoms with E-state index < -0.39 is 0 Å². The van der Waals surface area contributed by atoms with Gasteiger partial charge in [0.05, 0.1) is 7.11 Å². The molecule has 1 aliphatic heterocycles. The number of amides is 2. The first kappa shape index (κ1) is 15.1. The summed E-state index contributed by atoms with van der Waals surface area (Å²) in [5.74, 6) is 1.37. The number of methoxy groups -OCH3 is 1. The van der Waals surface area contributed by atoms with Gasteiger partial charge in [-0.2, -0.15) is 0 Å². The molecule has 6 heteroatoms. The van der Waals surface area contributed by atoms with Crippen LogP contribution in [0.1, 0.15) is 39.5 Å². The van der Waals surface area contributed by atoms with Gasteiger partial charge in [-0.05, 0) is 24.8 Å². The Bertz CT molecular complexity index is 538. The summed E-state index contributed by atoms with van der Waals surface area (Å²) in [7, 11) is 1.54. The van der Waals surface area contributed by atoms with Crippen LogP contribution in [0.2, 0.25) is 0 Å². The van der Waals surface area contributed by atoms with Gasteiger partial charge in [0.25, 0.3) is 0 Å². The highest BCUT2D eigenvalue weighted by Crippen LogP contribution is 2.52. The fourth-order valence-electron chi connectivity index (χ4n) is 4.22. The lowest BCUT2D eigenvalue weighted by atomic mass is 9.66. The Morgan fingerprint density at radius 3 is 2.64 bits per heavy atom. The van der Waals surface area contributed by atoms with E-state index in [-0.39, 0.29) is 6.03 Å². The smallest absolute Gasteiger partial charge is 0.323 e. The Morgan fingerprint density at radius 1 is 1.36 bits per heavy atom. The third-order valence-corrected chi connectivity index (χ3v) is 5.02. The molecule has 1 spiro atoms.